The summed E-state index contributed by atoms with van der Waals surface area (Å²) in [4.78, 5) is 4.71. The summed E-state index contributed by atoms with van der Waals surface area (Å²) in [5.74, 6) is 2.85. The smallest absolute Gasteiger partial charge is 0.146 e. The monoisotopic (exact) mass is 312 g/mol. The number of para-hydroxylation sites is 1. The molecule has 1 aromatic carbocycles. The van der Waals surface area contributed by atoms with E-state index in [4.69, 9.17) is 21.3 Å². The molecule has 2 unspecified atom stereocenters. The number of nitrogens with zero attached hydrogens (tertiary/aromatic N) is 2. The standard InChI is InChI=1S/C15H21ClN2OS/c1-10(8-9-20-4)18-12-6-5-7-13(19-3)14(12)17-15(18)11(2)16/h5-7,10-11H,8-9H2,1-4H3. The first-order valence-electron chi connectivity index (χ1n) is 6.78. The normalized spacial score (nSPS) is 14.4. The first-order valence-corrected chi connectivity index (χ1v) is 8.61. The molecule has 0 saturated heterocycles. The van der Waals surface area contributed by atoms with E-state index in [-0.39, 0.29) is 5.38 Å². The predicted octanol–water partition coefficient (Wildman–Crippen LogP) is 4.66. The minimum absolute atomic E-state index is 0.121. The van der Waals surface area contributed by atoms with Crippen LogP contribution in [0, 0.1) is 0 Å². The maximum absolute atomic E-state index is 6.32. The fraction of sp³-hybridized carbons (Fsp3) is 0.533. The first kappa shape index (κ1) is 15.5. The number of rotatable bonds is 6. The summed E-state index contributed by atoms with van der Waals surface area (Å²) >= 11 is 8.19. The van der Waals surface area contributed by atoms with Crippen LogP contribution in [0.2, 0.25) is 0 Å². The van der Waals surface area contributed by atoms with Gasteiger partial charge in [0.15, 0.2) is 0 Å². The summed E-state index contributed by atoms with van der Waals surface area (Å²) in [6.07, 6.45) is 3.23. The van der Waals surface area contributed by atoms with Gasteiger partial charge in [-0.25, -0.2) is 4.98 Å². The van der Waals surface area contributed by atoms with Crippen molar-refractivity contribution in [1.82, 2.24) is 9.55 Å². The van der Waals surface area contributed by atoms with Crippen molar-refractivity contribution in [3.8, 4) is 5.75 Å². The van der Waals surface area contributed by atoms with Crippen molar-refractivity contribution in [2.45, 2.75) is 31.7 Å². The Morgan fingerprint density at radius 1 is 1.40 bits per heavy atom. The van der Waals surface area contributed by atoms with Crippen LogP contribution in [0.5, 0.6) is 5.75 Å². The Morgan fingerprint density at radius 2 is 2.15 bits per heavy atom. The van der Waals surface area contributed by atoms with Gasteiger partial charge in [0.2, 0.25) is 0 Å². The molecular formula is C15H21ClN2OS. The van der Waals surface area contributed by atoms with Crippen LogP contribution in [0.4, 0.5) is 0 Å². The number of imidazole rings is 1. The molecule has 0 aliphatic heterocycles. The number of ether oxygens (including phenoxy) is 1. The van der Waals surface area contributed by atoms with Crippen LogP contribution in [0.25, 0.3) is 11.0 Å². The van der Waals surface area contributed by atoms with E-state index in [2.05, 4.69) is 23.8 Å². The summed E-state index contributed by atoms with van der Waals surface area (Å²) in [6.45, 7) is 4.19. The van der Waals surface area contributed by atoms with Gasteiger partial charge < -0.3 is 9.30 Å². The lowest BCUT2D eigenvalue weighted by Gasteiger charge is -2.18. The number of benzene rings is 1. The van der Waals surface area contributed by atoms with E-state index in [0.29, 0.717) is 6.04 Å². The lowest BCUT2D eigenvalue weighted by molar-refractivity contribution is 0.419. The van der Waals surface area contributed by atoms with Gasteiger partial charge >= 0.3 is 0 Å². The number of methoxy groups -OCH3 is 1. The van der Waals surface area contributed by atoms with Gasteiger partial charge in [0.1, 0.15) is 17.1 Å². The lowest BCUT2D eigenvalue weighted by atomic mass is 10.2. The maximum Gasteiger partial charge on any atom is 0.146 e. The molecule has 0 amide bonds. The molecule has 0 aliphatic rings. The molecule has 2 aromatic rings. The Morgan fingerprint density at radius 3 is 2.75 bits per heavy atom. The number of fused-ring (bicyclic) bond motifs is 1. The molecule has 0 bridgehead atoms. The number of hydrogen-bond donors (Lipinski definition) is 0. The number of halogens is 1. The fourth-order valence-electron chi connectivity index (χ4n) is 2.44. The molecule has 3 nitrogen and oxygen atoms in total. The van der Waals surface area contributed by atoms with Crippen molar-refractivity contribution < 1.29 is 4.74 Å². The lowest BCUT2D eigenvalue weighted by Crippen LogP contribution is -2.10. The highest BCUT2D eigenvalue weighted by molar-refractivity contribution is 7.98. The van der Waals surface area contributed by atoms with E-state index in [1.807, 2.05) is 30.8 Å². The van der Waals surface area contributed by atoms with Gasteiger partial charge in [-0.05, 0) is 44.4 Å². The molecule has 0 radical (unpaired) electrons. The number of thioether (sulfide) groups is 1. The van der Waals surface area contributed by atoms with E-state index in [1.54, 1.807) is 7.11 Å². The SMILES string of the molecule is COc1cccc2c1nc(C(C)Cl)n2C(C)CCSC. The highest BCUT2D eigenvalue weighted by atomic mass is 35.5. The van der Waals surface area contributed by atoms with E-state index >= 15 is 0 Å². The van der Waals surface area contributed by atoms with Crippen molar-refractivity contribution >= 4 is 34.4 Å². The third-order valence-electron chi connectivity index (χ3n) is 3.47. The minimum atomic E-state index is -0.121. The van der Waals surface area contributed by atoms with E-state index in [1.165, 1.54) is 0 Å². The molecular weight excluding hydrogens is 292 g/mol. The average molecular weight is 313 g/mol. The van der Waals surface area contributed by atoms with Gasteiger partial charge in [0.25, 0.3) is 0 Å². The zero-order valence-corrected chi connectivity index (χ0v) is 14.0. The predicted molar refractivity (Wildman–Crippen MR) is 88.3 cm³/mol. The van der Waals surface area contributed by atoms with Crippen molar-refractivity contribution in [2.24, 2.45) is 0 Å². The topological polar surface area (TPSA) is 27.1 Å². The van der Waals surface area contributed by atoms with Crippen LogP contribution < -0.4 is 4.74 Å². The Hall–Kier alpha value is -0.870. The number of alkyl halides is 1. The second-order valence-corrected chi connectivity index (χ2v) is 6.55. The third-order valence-corrected chi connectivity index (χ3v) is 4.31. The molecule has 1 heterocycles. The van der Waals surface area contributed by atoms with Crippen molar-refractivity contribution in [1.29, 1.82) is 0 Å². The average Bonchev–Trinajstić information content (AvgIpc) is 2.84. The highest BCUT2D eigenvalue weighted by Crippen LogP contribution is 2.33. The molecule has 0 aliphatic carbocycles. The maximum atomic E-state index is 6.32. The van der Waals surface area contributed by atoms with Crippen LogP contribution in [0.1, 0.15) is 37.5 Å². The molecule has 0 spiro atoms. The second kappa shape index (κ2) is 6.72. The van der Waals surface area contributed by atoms with Crippen LogP contribution in [0.3, 0.4) is 0 Å². The Kier molecular flexibility index (Phi) is 5.22. The van der Waals surface area contributed by atoms with Gasteiger partial charge in [0.05, 0.1) is 18.0 Å². The summed E-state index contributed by atoms with van der Waals surface area (Å²) in [6, 6.07) is 6.40. The molecule has 2 rings (SSSR count). The zero-order chi connectivity index (χ0) is 14.7. The molecule has 20 heavy (non-hydrogen) atoms. The van der Waals surface area contributed by atoms with E-state index < -0.39 is 0 Å². The first-order chi connectivity index (χ1) is 9.60. The molecule has 0 saturated carbocycles. The highest BCUT2D eigenvalue weighted by Gasteiger charge is 2.20. The van der Waals surface area contributed by atoms with Crippen LogP contribution in [0.15, 0.2) is 18.2 Å². The quantitative estimate of drug-likeness (QED) is 0.726. The summed E-state index contributed by atoms with van der Waals surface area (Å²) in [5, 5.41) is -0.121. The largest absolute Gasteiger partial charge is 0.494 e. The fourth-order valence-corrected chi connectivity index (χ4v) is 3.17. The Balaban J connectivity index is 2.57. The van der Waals surface area contributed by atoms with Crippen molar-refractivity contribution in [3.63, 3.8) is 0 Å². The van der Waals surface area contributed by atoms with Gasteiger partial charge in [-0.3, -0.25) is 0 Å². The van der Waals surface area contributed by atoms with Gasteiger partial charge in [-0.1, -0.05) is 6.07 Å². The Labute approximate surface area is 129 Å². The minimum Gasteiger partial charge on any atom is -0.494 e. The molecule has 0 N–H and O–H groups in total. The number of hydrogen-bond acceptors (Lipinski definition) is 3. The van der Waals surface area contributed by atoms with E-state index in [9.17, 15) is 0 Å². The van der Waals surface area contributed by atoms with E-state index in [0.717, 1.165) is 34.8 Å². The second-order valence-electron chi connectivity index (χ2n) is 4.91. The number of aromatic nitrogens is 2. The summed E-state index contributed by atoms with van der Waals surface area (Å²) < 4.78 is 7.67. The molecule has 0 fully saturated rings. The molecule has 2 atom stereocenters. The van der Waals surface area contributed by atoms with Gasteiger partial charge in [-0.2, -0.15) is 11.8 Å². The molecule has 1 aromatic heterocycles. The molecule has 5 heteroatoms. The van der Waals surface area contributed by atoms with Crippen LogP contribution >= 0.6 is 23.4 Å². The zero-order valence-electron chi connectivity index (χ0n) is 12.4. The van der Waals surface area contributed by atoms with Crippen LogP contribution in [-0.4, -0.2) is 28.7 Å². The molecule has 110 valence electrons. The Bertz CT molecular complexity index is 583. The van der Waals surface area contributed by atoms with Gasteiger partial charge in [-0.15, -0.1) is 11.6 Å². The van der Waals surface area contributed by atoms with Gasteiger partial charge in [0, 0.05) is 6.04 Å². The van der Waals surface area contributed by atoms with Crippen molar-refractivity contribution in [3.05, 3.63) is 24.0 Å². The third kappa shape index (κ3) is 2.91. The summed E-state index contributed by atoms with van der Waals surface area (Å²) in [5.41, 5.74) is 1.99. The summed E-state index contributed by atoms with van der Waals surface area (Å²) in [7, 11) is 1.68. The van der Waals surface area contributed by atoms with Crippen molar-refractivity contribution in [2.75, 3.05) is 19.1 Å². The van der Waals surface area contributed by atoms with Crippen LogP contribution in [-0.2, 0) is 0 Å².